The Labute approximate surface area is 64.1 Å². The van der Waals surface area contributed by atoms with Crippen LogP contribution in [0.25, 0.3) is 4.98 Å². The normalized spacial score (nSPS) is 8.90. The van der Waals surface area contributed by atoms with Crippen LogP contribution in [0, 0.1) is 12.3 Å². The fourth-order valence-corrected chi connectivity index (χ4v) is 0.857. The smallest absolute Gasteiger partial charge is 0.0840 e. The van der Waals surface area contributed by atoms with E-state index in [-0.39, 0.29) is 0 Å². The molecule has 0 aromatic heterocycles. The summed E-state index contributed by atoms with van der Waals surface area (Å²) in [5.41, 5.74) is 1.43. The van der Waals surface area contributed by atoms with Gasteiger partial charge in [0.05, 0.1) is 6.07 Å². The van der Waals surface area contributed by atoms with Gasteiger partial charge in [-0.05, 0) is 19.1 Å². The molecule has 1 rings (SSSR count). The molecule has 0 bridgehead atoms. The first-order chi connectivity index (χ1) is 4.74. The van der Waals surface area contributed by atoms with Gasteiger partial charge in [0.2, 0.25) is 5.39 Å². The number of nitrogens with zero attached hydrogens (tertiary/aromatic N) is 2. The fraction of sp³-hybridized carbons (Fsp3) is 0.143. The Kier molecular flexibility index (Phi) is 1.88. The van der Waals surface area contributed by atoms with E-state index in [9.17, 15) is 0 Å². The van der Waals surface area contributed by atoms with Gasteiger partial charge in [0.1, 0.15) is 0 Å². The zero-order valence-corrected chi connectivity index (χ0v) is 6.26. The molecule has 1 aromatic rings. The first-order valence-electron chi connectivity index (χ1n) is 2.85. The topological polar surface area (TPSA) is 28.1 Å². The van der Waals surface area contributed by atoms with Crippen molar-refractivity contribution < 1.29 is 0 Å². The lowest BCUT2D eigenvalue weighted by atomic mass is 10.2. The summed E-state index contributed by atoms with van der Waals surface area (Å²) < 4.78 is 0. The Balaban J connectivity index is 3.25. The molecule has 0 atom stereocenters. The Bertz CT molecular complexity index is 288. The van der Waals surface area contributed by atoms with Gasteiger partial charge < -0.3 is 0 Å². The molecule has 10 heavy (non-hydrogen) atoms. The SMILES string of the molecule is Cc1ccc(Cl)cc1[N+]#N. The molecule has 1 aromatic carbocycles. The summed E-state index contributed by atoms with van der Waals surface area (Å²) >= 11 is 5.62. The second kappa shape index (κ2) is 2.68. The summed E-state index contributed by atoms with van der Waals surface area (Å²) in [4.78, 5) is 3.05. The molecule has 0 heterocycles. The second-order valence-electron chi connectivity index (χ2n) is 2.03. The fourth-order valence-electron chi connectivity index (χ4n) is 0.690. The van der Waals surface area contributed by atoms with Crippen LogP contribution in [0.2, 0.25) is 5.02 Å². The van der Waals surface area contributed by atoms with Gasteiger partial charge in [-0.2, -0.15) is 0 Å². The minimum Gasteiger partial charge on any atom is -0.0840 e. The van der Waals surface area contributed by atoms with Gasteiger partial charge in [-0.15, -0.1) is 0 Å². The Morgan fingerprint density at radius 3 is 2.70 bits per heavy atom. The van der Waals surface area contributed by atoms with Crippen molar-refractivity contribution in [1.29, 1.82) is 5.39 Å². The van der Waals surface area contributed by atoms with Gasteiger partial charge in [0.25, 0.3) is 0 Å². The summed E-state index contributed by atoms with van der Waals surface area (Å²) in [5, 5.41) is 8.99. The molecule has 0 unspecified atom stereocenters. The van der Waals surface area contributed by atoms with E-state index in [1.807, 2.05) is 6.92 Å². The van der Waals surface area contributed by atoms with Crippen molar-refractivity contribution in [3.8, 4) is 0 Å². The van der Waals surface area contributed by atoms with E-state index in [1.54, 1.807) is 18.2 Å². The molecule has 0 amide bonds. The number of hydrogen-bond donors (Lipinski definition) is 0. The van der Waals surface area contributed by atoms with Crippen molar-refractivity contribution in [1.82, 2.24) is 0 Å². The van der Waals surface area contributed by atoms with Crippen molar-refractivity contribution >= 4 is 17.3 Å². The summed E-state index contributed by atoms with van der Waals surface area (Å²) in [6.45, 7) is 1.85. The monoisotopic (exact) mass is 153 g/mol. The first kappa shape index (κ1) is 7.04. The zero-order valence-electron chi connectivity index (χ0n) is 5.50. The average Bonchev–Trinajstić information content (AvgIpc) is 1.94. The van der Waals surface area contributed by atoms with E-state index >= 15 is 0 Å². The van der Waals surface area contributed by atoms with Crippen molar-refractivity contribution in [2.45, 2.75) is 6.92 Å². The molecular weight excluding hydrogens is 148 g/mol. The molecule has 0 aliphatic carbocycles. The van der Waals surface area contributed by atoms with E-state index in [4.69, 9.17) is 17.0 Å². The molecular formula is C7H6ClN2+. The molecule has 0 saturated carbocycles. The molecule has 0 aliphatic heterocycles. The minimum atomic E-state index is 0.521. The van der Waals surface area contributed by atoms with Crippen LogP contribution in [-0.2, 0) is 0 Å². The second-order valence-corrected chi connectivity index (χ2v) is 2.47. The standard InChI is InChI=1S/C7H6ClN2/c1-5-2-3-6(8)4-7(5)10-9/h2-4H,1H3/q+1. The zero-order chi connectivity index (χ0) is 7.56. The van der Waals surface area contributed by atoms with Crippen molar-refractivity contribution in [3.05, 3.63) is 33.8 Å². The lowest BCUT2D eigenvalue weighted by Gasteiger charge is -1.85. The van der Waals surface area contributed by atoms with Crippen LogP contribution in [0.4, 0.5) is 5.69 Å². The lowest BCUT2D eigenvalue weighted by Crippen LogP contribution is -1.70. The summed E-state index contributed by atoms with van der Waals surface area (Å²) in [6, 6.07) is 5.17. The predicted octanol–water partition coefficient (Wildman–Crippen LogP) is 3.13. The number of rotatable bonds is 0. The largest absolute Gasteiger partial charge is 0.389 e. The number of aryl methyl sites for hydroxylation is 1. The quantitative estimate of drug-likeness (QED) is 0.527. The van der Waals surface area contributed by atoms with Gasteiger partial charge in [-0.25, -0.2) is 0 Å². The maximum Gasteiger partial charge on any atom is 0.389 e. The van der Waals surface area contributed by atoms with Gasteiger partial charge in [-0.1, -0.05) is 11.6 Å². The van der Waals surface area contributed by atoms with Crippen molar-refractivity contribution in [2.24, 2.45) is 0 Å². The number of hydrogen-bond acceptors (Lipinski definition) is 1. The minimum absolute atomic E-state index is 0.521. The van der Waals surface area contributed by atoms with E-state index in [1.165, 1.54) is 0 Å². The summed E-state index contributed by atoms with van der Waals surface area (Å²) in [6.07, 6.45) is 0. The predicted molar refractivity (Wildman–Crippen MR) is 40.9 cm³/mol. The lowest BCUT2D eigenvalue weighted by molar-refractivity contribution is 1.41. The van der Waals surface area contributed by atoms with E-state index < -0.39 is 0 Å². The molecule has 0 spiro atoms. The Hall–Kier alpha value is -1.07. The molecule has 0 N–H and O–H groups in total. The number of benzene rings is 1. The van der Waals surface area contributed by atoms with Gasteiger partial charge in [0, 0.05) is 10.6 Å². The highest BCUT2D eigenvalue weighted by molar-refractivity contribution is 6.30. The highest BCUT2D eigenvalue weighted by Crippen LogP contribution is 2.22. The molecule has 50 valence electrons. The molecule has 0 saturated heterocycles. The van der Waals surface area contributed by atoms with Crippen LogP contribution >= 0.6 is 11.6 Å². The molecule has 2 nitrogen and oxygen atoms in total. The van der Waals surface area contributed by atoms with Crippen molar-refractivity contribution in [2.75, 3.05) is 0 Å². The molecule has 0 aliphatic rings. The van der Waals surface area contributed by atoms with Gasteiger partial charge in [0.15, 0.2) is 4.98 Å². The maximum atomic E-state index is 8.41. The van der Waals surface area contributed by atoms with Crippen LogP contribution in [0.5, 0.6) is 0 Å². The summed E-state index contributed by atoms with van der Waals surface area (Å²) in [7, 11) is 0. The Morgan fingerprint density at radius 2 is 2.20 bits per heavy atom. The van der Waals surface area contributed by atoms with Crippen LogP contribution in [-0.4, -0.2) is 0 Å². The first-order valence-corrected chi connectivity index (χ1v) is 3.23. The van der Waals surface area contributed by atoms with Crippen LogP contribution in [0.15, 0.2) is 18.2 Å². The molecule has 0 radical (unpaired) electrons. The summed E-state index contributed by atoms with van der Waals surface area (Å²) in [5.74, 6) is 0. The number of halogens is 1. The van der Waals surface area contributed by atoms with Crippen molar-refractivity contribution in [3.63, 3.8) is 0 Å². The van der Waals surface area contributed by atoms with Crippen LogP contribution in [0.3, 0.4) is 0 Å². The van der Waals surface area contributed by atoms with Crippen LogP contribution in [0.1, 0.15) is 5.56 Å². The Morgan fingerprint density at radius 1 is 1.50 bits per heavy atom. The van der Waals surface area contributed by atoms with Gasteiger partial charge in [-0.3, -0.25) is 0 Å². The van der Waals surface area contributed by atoms with Gasteiger partial charge >= 0.3 is 5.69 Å². The molecule has 0 fully saturated rings. The van der Waals surface area contributed by atoms with Crippen LogP contribution < -0.4 is 0 Å². The van der Waals surface area contributed by atoms with E-state index in [0.717, 1.165) is 5.56 Å². The van der Waals surface area contributed by atoms with E-state index in [0.29, 0.717) is 10.7 Å². The third-order valence-electron chi connectivity index (χ3n) is 1.28. The third-order valence-corrected chi connectivity index (χ3v) is 1.51. The maximum absolute atomic E-state index is 8.41. The molecule has 3 heteroatoms. The third kappa shape index (κ3) is 1.26. The van der Waals surface area contributed by atoms with E-state index in [2.05, 4.69) is 4.98 Å². The highest BCUT2D eigenvalue weighted by Gasteiger charge is 2.08. The average molecular weight is 154 g/mol. The highest BCUT2D eigenvalue weighted by atomic mass is 35.5. The number of diazo groups is 1.